The van der Waals surface area contributed by atoms with Crippen LogP contribution in [0.1, 0.15) is 57.2 Å². The Morgan fingerprint density at radius 3 is 2.83 bits per heavy atom. The third kappa shape index (κ3) is 4.65. The van der Waals surface area contributed by atoms with Crippen molar-refractivity contribution in [1.29, 1.82) is 5.26 Å². The molecule has 3 heterocycles. The largest absolute Gasteiger partial charge is 0.444 e. The average molecular weight is 508 g/mol. The zero-order chi connectivity index (χ0) is 25.7. The predicted octanol–water partition coefficient (Wildman–Crippen LogP) is 4.86. The summed E-state index contributed by atoms with van der Waals surface area (Å²) in [5.41, 5.74) is 8.60. The normalized spacial score (nSPS) is 21.4. The Kier molecular flexibility index (Phi) is 5.95. The molecule has 188 valence electrons. The second-order valence-corrected chi connectivity index (χ2v) is 11.4. The van der Waals surface area contributed by atoms with Gasteiger partial charge in [-0.2, -0.15) is 15.5 Å². The number of nitrogen functional groups attached to an aromatic ring is 1. The molecule has 0 bridgehead atoms. The molecule has 1 spiro atoms. The number of halogens is 1. The minimum Gasteiger partial charge on any atom is -0.444 e. The second kappa shape index (κ2) is 8.86. The fourth-order valence-electron chi connectivity index (χ4n) is 5.30. The van der Waals surface area contributed by atoms with E-state index in [0.29, 0.717) is 41.7 Å². The topological polar surface area (TPSA) is 115 Å². The summed E-state index contributed by atoms with van der Waals surface area (Å²) in [7, 11) is 0. The van der Waals surface area contributed by atoms with Gasteiger partial charge in [-0.1, -0.05) is 23.7 Å². The summed E-state index contributed by atoms with van der Waals surface area (Å²) in [6, 6.07) is 9.93. The SMILES string of the molecule is CC(C)(C)OC(=O)N1CCC2(CC(n3nc(-c4cnn(Cc5cccc(Cl)c5)c4)c(C#N)c3N)C2)C1. The Bertz CT molecular complexity index is 1340. The summed E-state index contributed by atoms with van der Waals surface area (Å²) < 4.78 is 9.11. The highest BCUT2D eigenvalue weighted by atomic mass is 35.5. The Hall–Kier alpha value is -3.51. The standard InChI is InChI=1S/C26H30ClN7O2/c1-25(2,3)36-24(35)32-8-7-26(16-32)10-20(11-26)34-23(29)21(12-28)22(31-34)18-13-30-33(15-18)14-17-5-4-6-19(27)9-17/h4-6,9,13,15,20H,7-8,10-11,14,16,29H2,1-3H3. The number of hydrogen-bond acceptors (Lipinski definition) is 6. The van der Waals surface area contributed by atoms with Crippen LogP contribution in [0.15, 0.2) is 36.7 Å². The van der Waals surface area contributed by atoms with E-state index in [1.54, 1.807) is 20.5 Å². The number of nitriles is 1. The smallest absolute Gasteiger partial charge is 0.410 e. The number of ether oxygens (including phenoxy) is 1. The van der Waals surface area contributed by atoms with E-state index >= 15 is 0 Å². The average Bonchev–Trinajstić information content (AvgIpc) is 3.48. The van der Waals surface area contributed by atoms with Crippen molar-refractivity contribution in [2.24, 2.45) is 5.41 Å². The van der Waals surface area contributed by atoms with E-state index in [1.165, 1.54) is 0 Å². The van der Waals surface area contributed by atoms with Gasteiger partial charge in [0.15, 0.2) is 0 Å². The molecular formula is C26H30ClN7O2. The quantitative estimate of drug-likeness (QED) is 0.539. The molecule has 36 heavy (non-hydrogen) atoms. The van der Waals surface area contributed by atoms with E-state index in [4.69, 9.17) is 27.2 Å². The van der Waals surface area contributed by atoms with E-state index in [1.807, 2.05) is 51.2 Å². The third-order valence-electron chi connectivity index (χ3n) is 6.97. The molecule has 2 fully saturated rings. The van der Waals surface area contributed by atoms with Gasteiger partial charge in [0.05, 0.1) is 18.8 Å². The van der Waals surface area contributed by atoms with Crippen molar-refractivity contribution >= 4 is 23.5 Å². The van der Waals surface area contributed by atoms with Crippen LogP contribution in [0.3, 0.4) is 0 Å². The molecule has 2 aromatic heterocycles. The lowest BCUT2D eigenvalue weighted by atomic mass is 9.65. The molecule has 0 unspecified atom stereocenters. The van der Waals surface area contributed by atoms with Crippen LogP contribution in [0, 0.1) is 16.7 Å². The maximum Gasteiger partial charge on any atom is 0.410 e. The van der Waals surface area contributed by atoms with Crippen molar-refractivity contribution in [3.05, 3.63) is 52.8 Å². The Morgan fingerprint density at radius 1 is 1.36 bits per heavy atom. The molecule has 2 N–H and O–H groups in total. The number of nitrogens with two attached hydrogens (primary N) is 1. The molecule has 1 aliphatic carbocycles. The lowest BCUT2D eigenvalue weighted by Crippen LogP contribution is -2.43. The molecule has 1 amide bonds. The number of hydrogen-bond donors (Lipinski definition) is 1. The molecule has 1 saturated heterocycles. The predicted molar refractivity (Wildman–Crippen MR) is 136 cm³/mol. The molecule has 1 aromatic carbocycles. The van der Waals surface area contributed by atoms with E-state index in [2.05, 4.69) is 11.2 Å². The van der Waals surface area contributed by atoms with Gasteiger partial charge in [-0.3, -0.25) is 4.68 Å². The van der Waals surface area contributed by atoms with Gasteiger partial charge in [0.1, 0.15) is 28.7 Å². The maximum atomic E-state index is 12.5. The molecule has 1 saturated carbocycles. The summed E-state index contributed by atoms with van der Waals surface area (Å²) >= 11 is 6.10. The molecule has 9 nitrogen and oxygen atoms in total. The van der Waals surface area contributed by atoms with Gasteiger partial charge < -0.3 is 15.4 Å². The van der Waals surface area contributed by atoms with Crippen LogP contribution in [0.2, 0.25) is 5.02 Å². The molecule has 5 rings (SSSR count). The number of benzene rings is 1. The van der Waals surface area contributed by atoms with Crippen LogP contribution in [-0.4, -0.2) is 49.2 Å². The van der Waals surface area contributed by atoms with E-state index in [0.717, 1.165) is 30.4 Å². The first-order valence-corrected chi connectivity index (χ1v) is 12.5. The van der Waals surface area contributed by atoms with Crippen LogP contribution < -0.4 is 5.73 Å². The van der Waals surface area contributed by atoms with Crippen LogP contribution in [-0.2, 0) is 11.3 Å². The summed E-state index contributed by atoms with van der Waals surface area (Å²) in [4.78, 5) is 14.3. The lowest BCUT2D eigenvalue weighted by molar-refractivity contribution is 0.0188. The third-order valence-corrected chi connectivity index (χ3v) is 7.21. The number of rotatable bonds is 4. The van der Waals surface area contributed by atoms with E-state index in [-0.39, 0.29) is 17.6 Å². The summed E-state index contributed by atoms with van der Waals surface area (Å²) in [6.45, 7) is 7.55. The number of carbonyl (C=O) groups excluding carboxylic acids is 1. The molecule has 0 radical (unpaired) electrons. The Labute approximate surface area is 215 Å². The first-order valence-electron chi connectivity index (χ1n) is 12.1. The van der Waals surface area contributed by atoms with Crippen molar-refractivity contribution in [2.75, 3.05) is 18.8 Å². The van der Waals surface area contributed by atoms with Crippen LogP contribution in [0.5, 0.6) is 0 Å². The van der Waals surface area contributed by atoms with Gasteiger partial charge in [-0.25, -0.2) is 9.48 Å². The van der Waals surface area contributed by atoms with Gasteiger partial charge in [0.25, 0.3) is 0 Å². The molecular weight excluding hydrogens is 478 g/mol. The highest BCUT2D eigenvalue weighted by molar-refractivity contribution is 6.30. The van der Waals surface area contributed by atoms with Crippen LogP contribution in [0.4, 0.5) is 10.6 Å². The number of nitrogens with zero attached hydrogens (tertiary/aromatic N) is 6. The fourth-order valence-corrected chi connectivity index (χ4v) is 5.51. The molecule has 3 aromatic rings. The van der Waals surface area contributed by atoms with Gasteiger partial charge in [-0.05, 0) is 63.1 Å². The van der Waals surface area contributed by atoms with Crippen LogP contribution >= 0.6 is 11.6 Å². The Morgan fingerprint density at radius 2 is 2.14 bits per heavy atom. The fraction of sp³-hybridized carbons (Fsp3) is 0.462. The van der Waals surface area contributed by atoms with Crippen molar-refractivity contribution in [1.82, 2.24) is 24.5 Å². The first-order chi connectivity index (χ1) is 17.1. The molecule has 2 aliphatic rings. The highest BCUT2D eigenvalue weighted by Crippen LogP contribution is 2.54. The van der Waals surface area contributed by atoms with E-state index < -0.39 is 5.60 Å². The number of anilines is 1. The minimum absolute atomic E-state index is 0.0504. The van der Waals surface area contributed by atoms with Gasteiger partial charge in [-0.15, -0.1) is 0 Å². The monoisotopic (exact) mass is 507 g/mol. The second-order valence-electron chi connectivity index (χ2n) is 10.9. The number of aromatic nitrogens is 4. The maximum absolute atomic E-state index is 12.5. The molecule has 0 atom stereocenters. The summed E-state index contributed by atoms with van der Waals surface area (Å²) in [5.74, 6) is 0.372. The van der Waals surface area contributed by atoms with Gasteiger partial charge in [0, 0.05) is 29.9 Å². The van der Waals surface area contributed by atoms with Crippen molar-refractivity contribution in [2.45, 2.75) is 58.2 Å². The summed E-state index contributed by atoms with van der Waals surface area (Å²) in [6.07, 6.45) is 5.96. The van der Waals surface area contributed by atoms with Crippen molar-refractivity contribution in [3.8, 4) is 17.3 Å². The van der Waals surface area contributed by atoms with Gasteiger partial charge >= 0.3 is 6.09 Å². The molecule has 1 aliphatic heterocycles. The number of amides is 1. The van der Waals surface area contributed by atoms with Crippen LogP contribution in [0.25, 0.3) is 11.3 Å². The number of carbonyl (C=O) groups is 1. The van der Waals surface area contributed by atoms with Gasteiger partial charge in [0.2, 0.25) is 0 Å². The zero-order valence-electron chi connectivity index (χ0n) is 20.7. The molecule has 10 heteroatoms. The highest BCUT2D eigenvalue weighted by Gasteiger charge is 2.51. The summed E-state index contributed by atoms with van der Waals surface area (Å²) in [5, 5.41) is 19.7. The van der Waals surface area contributed by atoms with Crippen molar-refractivity contribution < 1.29 is 9.53 Å². The first kappa shape index (κ1) is 24.2. The lowest BCUT2D eigenvalue weighted by Gasteiger charge is -2.45. The van der Waals surface area contributed by atoms with E-state index in [9.17, 15) is 10.1 Å². The zero-order valence-corrected chi connectivity index (χ0v) is 21.5. The Balaban J connectivity index is 1.29. The van der Waals surface area contributed by atoms with Crippen molar-refractivity contribution in [3.63, 3.8) is 0 Å². The number of likely N-dealkylation sites (tertiary alicyclic amines) is 1. The minimum atomic E-state index is -0.509.